The lowest BCUT2D eigenvalue weighted by molar-refractivity contribution is 0.103. The summed E-state index contributed by atoms with van der Waals surface area (Å²) in [6, 6.07) is 6.41. The van der Waals surface area contributed by atoms with Gasteiger partial charge in [-0.25, -0.2) is 0 Å². The third-order valence-electron chi connectivity index (χ3n) is 2.68. The van der Waals surface area contributed by atoms with Crippen LogP contribution in [0.1, 0.15) is 15.2 Å². The van der Waals surface area contributed by atoms with Crippen molar-refractivity contribution in [2.24, 2.45) is 10.9 Å². The van der Waals surface area contributed by atoms with Crippen molar-refractivity contribution in [1.29, 1.82) is 0 Å². The number of hydrogen-bond donors (Lipinski definition) is 3. The number of nitrogens with one attached hydrogen (secondary N) is 1. The van der Waals surface area contributed by atoms with Gasteiger partial charge in [0.15, 0.2) is 5.84 Å². The van der Waals surface area contributed by atoms with Gasteiger partial charge < -0.3 is 21.0 Å². The topological polar surface area (TPSA) is 96.9 Å². The molecule has 0 aliphatic rings. The largest absolute Gasteiger partial charge is 0.495 e. The minimum Gasteiger partial charge on any atom is -0.495 e. The number of amides is 1. The van der Waals surface area contributed by atoms with Gasteiger partial charge in [0.2, 0.25) is 0 Å². The smallest absolute Gasteiger partial charge is 0.267 e. The van der Waals surface area contributed by atoms with Crippen LogP contribution < -0.4 is 15.8 Å². The number of nitrogens with zero attached hydrogens (tertiary/aromatic N) is 1. The zero-order chi connectivity index (χ0) is 15.4. The average Bonchev–Trinajstić information content (AvgIpc) is 2.93. The molecule has 0 aliphatic carbocycles. The number of ether oxygens (including phenoxy) is 1. The fourth-order valence-electron chi connectivity index (χ4n) is 1.65. The van der Waals surface area contributed by atoms with Crippen LogP contribution in [0.5, 0.6) is 5.75 Å². The highest BCUT2D eigenvalue weighted by atomic mass is 35.5. The maximum Gasteiger partial charge on any atom is 0.267 e. The molecule has 0 aliphatic heterocycles. The van der Waals surface area contributed by atoms with Gasteiger partial charge in [-0.3, -0.25) is 4.79 Å². The minimum atomic E-state index is -0.329. The molecule has 0 bridgehead atoms. The summed E-state index contributed by atoms with van der Waals surface area (Å²) in [7, 11) is 1.46. The molecule has 0 unspecified atom stereocenters. The Labute approximate surface area is 129 Å². The second kappa shape index (κ2) is 6.47. The van der Waals surface area contributed by atoms with E-state index in [1.54, 1.807) is 29.6 Å². The number of thiophene rings is 1. The van der Waals surface area contributed by atoms with Crippen LogP contribution in [0.15, 0.2) is 34.8 Å². The van der Waals surface area contributed by atoms with Gasteiger partial charge in [0.05, 0.1) is 17.8 Å². The summed E-state index contributed by atoms with van der Waals surface area (Å²) < 4.78 is 5.19. The monoisotopic (exact) mass is 325 g/mol. The number of benzene rings is 1. The van der Waals surface area contributed by atoms with Gasteiger partial charge in [0, 0.05) is 5.56 Å². The molecule has 6 nitrogen and oxygen atoms in total. The molecule has 21 heavy (non-hydrogen) atoms. The van der Waals surface area contributed by atoms with Crippen LogP contribution in [0.3, 0.4) is 0 Å². The average molecular weight is 326 g/mol. The molecule has 2 rings (SSSR count). The first kappa shape index (κ1) is 15.1. The fraction of sp³-hybridized carbons (Fsp3) is 0.0769. The van der Waals surface area contributed by atoms with Gasteiger partial charge in [-0.05, 0) is 29.6 Å². The van der Waals surface area contributed by atoms with E-state index in [1.807, 2.05) is 0 Å². The number of methoxy groups -OCH3 is 1. The van der Waals surface area contributed by atoms with E-state index in [9.17, 15) is 4.79 Å². The zero-order valence-electron chi connectivity index (χ0n) is 11.0. The third-order valence-corrected chi connectivity index (χ3v) is 4.02. The Morgan fingerprint density at radius 3 is 2.81 bits per heavy atom. The van der Waals surface area contributed by atoms with E-state index in [4.69, 9.17) is 27.3 Å². The Balaban J connectivity index is 2.28. The maximum atomic E-state index is 12.1. The first-order chi connectivity index (χ1) is 10.1. The molecule has 2 aromatic rings. The summed E-state index contributed by atoms with van der Waals surface area (Å²) in [5.74, 6) is 0.0115. The first-order valence-corrected chi connectivity index (χ1v) is 7.03. The number of carbonyl (C=O) groups excluding carboxylic acids is 1. The van der Waals surface area contributed by atoms with Crippen molar-refractivity contribution in [2.75, 3.05) is 12.4 Å². The van der Waals surface area contributed by atoms with Crippen LogP contribution in [-0.2, 0) is 0 Å². The SMILES string of the molecule is COc1cc(/C(N)=N/O)ccc1NC(=O)c1sccc1Cl. The van der Waals surface area contributed by atoms with E-state index in [0.717, 1.165) is 0 Å². The molecule has 110 valence electrons. The molecule has 0 saturated heterocycles. The number of oxime groups is 1. The molecule has 0 radical (unpaired) electrons. The Hall–Kier alpha value is -2.25. The summed E-state index contributed by atoms with van der Waals surface area (Å²) in [4.78, 5) is 12.5. The Morgan fingerprint density at radius 1 is 1.48 bits per heavy atom. The van der Waals surface area contributed by atoms with Crippen molar-refractivity contribution in [3.63, 3.8) is 0 Å². The van der Waals surface area contributed by atoms with Crippen LogP contribution in [0.25, 0.3) is 0 Å². The highest BCUT2D eigenvalue weighted by Crippen LogP contribution is 2.28. The van der Waals surface area contributed by atoms with Gasteiger partial charge in [-0.2, -0.15) is 0 Å². The van der Waals surface area contributed by atoms with Gasteiger partial charge in [-0.1, -0.05) is 16.8 Å². The molecular weight excluding hydrogens is 314 g/mol. The Morgan fingerprint density at radius 2 is 2.24 bits per heavy atom. The molecule has 0 saturated carbocycles. The summed E-state index contributed by atoms with van der Waals surface area (Å²) in [6.45, 7) is 0. The van der Waals surface area contributed by atoms with Gasteiger partial charge >= 0.3 is 0 Å². The molecule has 0 fully saturated rings. The van der Waals surface area contributed by atoms with Crippen LogP contribution in [0, 0.1) is 0 Å². The first-order valence-electron chi connectivity index (χ1n) is 5.77. The van der Waals surface area contributed by atoms with Crippen LogP contribution in [-0.4, -0.2) is 24.1 Å². The number of nitrogens with two attached hydrogens (primary N) is 1. The molecule has 4 N–H and O–H groups in total. The number of halogens is 1. The molecule has 0 atom stereocenters. The van der Waals surface area contributed by atoms with E-state index < -0.39 is 0 Å². The van der Waals surface area contributed by atoms with Gasteiger partial charge in [0.25, 0.3) is 5.91 Å². The van der Waals surface area contributed by atoms with Crippen molar-refractivity contribution in [2.45, 2.75) is 0 Å². The van der Waals surface area contributed by atoms with Crippen LogP contribution in [0.4, 0.5) is 5.69 Å². The van der Waals surface area contributed by atoms with Crippen molar-refractivity contribution >= 4 is 40.4 Å². The van der Waals surface area contributed by atoms with Crippen LogP contribution in [0.2, 0.25) is 5.02 Å². The van der Waals surface area contributed by atoms with Crippen LogP contribution >= 0.6 is 22.9 Å². The van der Waals surface area contributed by atoms with E-state index in [1.165, 1.54) is 18.4 Å². The van der Waals surface area contributed by atoms with Gasteiger partial charge in [-0.15, -0.1) is 11.3 Å². The lowest BCUT2D eigenvalue weighted by Gasteiger charge is -2.11. The predicted octanol–water partition coefficient (Wildman–Crippen LogP) is 2.76. The second-order valence-electron chi connectivity index (χ2n) is 3.95. The quantitative estimate of drug-likeness (QED) is 0.348. The Kier molecular flexibility index (Phi) is 4.66. The van der Waals surface area contributed by atoms with Crippen molar-refractivity contribution in [3.8, 4) is 5.75 Å². The normalized spacial score (nSPS) is 11.2. The predicted molar refractivity (Wildman–Crippen MR) is 82.8 cm³/mol. The van der Waals surface area contributed by atoms with E-state index in [0.29, 0.717) is 26.9 Å². The number of hydrogen-bond acceptors (Lipinski definition) is 5. The van der Waals surface area contributed by atoms with Gasteiger partial charge in [0.1, 0.15) is 10.6 Å². The highest BCUT2D eigenvalue weighted by molar-refractivity contribution is 7.12. The maximum absolute atomic E-state index is 12.1. The minimum absolute atomic E-state index is 0.0486. The molecule has 1 heterocycles. The van der Waals surface area contributed by atoms with Crippen molar-refractivity contribution in [3.05, 3.63) is 45.1 Å². The third kappa shape index (κ3) is 3.26. The van der Waals surface area contributed by atoms with Crippen molar-refractivity contribution < 1.29 is 14.7 Å². The molecule has 0 spiro atoms. The fourth-order valence-corrected chi connectivity index (χ4v) is 2.68. The van der Waals surface area contributed by atoms with E-state index >= 15 is 0 Å². The van der Waals surface area contributed by atoms with E-state index in [-0.39, 0.29) is 11.7 Å². The summed E-state index contributed by atoms with van der Waals surface area (Å²) >= 11 is 7.16. The standard InChI is InChI=1S/C13H12ClN3O3S/c1-20-10-6-7(12(15)17-19)2-3-9(10)16-13(18)11-8(14)4-5-21-11/h2-6,19H,1H3,(H2,15,17)(H,16,18). The Bertz CT molecular complexity index is 700. The molecule has 1 aromatic carbocycles. The number of carbonyl (C=O) groups is 1. The lowest BCUT2D eigenvalue weighted by atomic mass is 10.1. The lowest BCUT2D eigenvalue weighted by Crippen LogP contribution is -2.15. The molecular formula is C13H12ClN3O3S. The number of anilines is 1. The highest BCUT2D eigenvalue weighted by Gasteiger charge is 2.15. The van der Waals surface area contributed by atoms with E-state index in [2.05, 4.69) is 10.5 Å². The molecule has 1 amide bonds. The van der Waals surface area contributed by atoms with Crippen molar-refractivity contribution in [1.82, 2.24) is 0 Å². The second-order valence-corrected chi connectivity index (χ2v) is 5.28. The summed E-state index contributed by atoms with van der Waals surface area (Å²) in [6.07, 6.45) is 0. The molecule has 8 heteroatoms. The number of amidine groups is 1. The number of rotatable bonds is 4. The summed E-state index contributed by atoms with van der Waals surface area (Å²) in [5, 5.41) is 16.4. The zero-order valence-corrected chi connectivity index (χ0v) is 12.5. The summed E-state index contributed by atoms with van der Waals surface area (Å²) in [5.41, 5.74) is 6.44. The molecule has 1 aromatic heterocycles.